The molecule has 5 heteroatoms. The van der Waals surface area contributed by atoms with E-state index in [2.05, 4.69) is 64.3 Å². The Morgan fingerprint density at radius 1 is 1.18 bits per heavy atom. The van der Waals surface area contributed by atoms with E-state index in [-0.39, 0.29) is 0 Å². The molecule has 1 aliphatic rings. The van der Waals surface area contributed by atoms with Crippen LogP contribution in [0, 0.1) is 6.92 Å². The first-order chi connectivity index (χ1) is 10.7. The smallest absolute Gasteiger partial charge is 0.182 e. The molecule has 1 fully saturated rings. The molecule has 1 aromatic heterocycles. The van der Waals surface area contributed by atoms with Gasteiger partial charge in [0.25, 0.3) is 0 Å². The SMILES string of the molecule is Cc1cnc(NCC(C)N2CCN(c3ccccc3)CC2)s1. The van der Waals surface area contributed by atoms with Crippen LogP contribution in [-0.4, -0.2) is 48.6 Å². The van der Waals surface area contributed by atoms with E-state index in [4.69, 9.17) is 0 Å². The predicted octanol–water partition coefficient (Wildman–Crippen LogP) is 3.07. The summed E-state index contributed by atoms with van der Waals surface area (Å²) >= 11 is 1.73. The Labute approximate surface area is 136 Å². The molecule has 4 nitrogen and oxygen atoms in total. The number of piperazine rings is 1. The maximum Gasteiger partial charge on any atom is 0.182 e. The van der Waals surface area contributed by atoms with Crippen LogP contribution in [0.4, 0.5) is 10.8 Å². The van der Waals surface area contributed by atoms with Crippen LogP contribution in [0.3, 0.4) is 0 Å². The van der Waals surface area contributed by atoms with E-state index >= 15 is 0 Å². The normalized spacial score (nSPS) is 17.5. The van der Waals surface area contributed by atoms with Crippen molar-refractivity contribution in [2.24, 2.45) is 0 Å². The van der Waals surface area contributed by atoms with Gasteiger partial charge in [0.05, 0.1) is 0 Å². The van der Waals surface area contributed by atoms with Crippen molar-refractivity contribution in [3.05, 3.63) is 41.4 Å². The first-order valence-electron chi connectivity index (χ1n) is 7.93. The Balaban J connectivity index is 1.46. The van der Waals surface area contributed by atoms with E-state index < -0.39 is 0 Å². The zero-order valence-corrected chi connectivity index (χ0v) is 14.1. The summed E-state index contributed by atoms with van der Waals surface area (Å²) in [4.78, 5) is 10.7. The van der Waals surface area contributed by atoms with Crippen LogP contribution in [0.15, 0.2) is 36.5 Å². The molecule has 1 saturated heterocycles. The Morgan fingerprint density at radius 3 is 2.55 bits per heavy atom. The van der Waals surface area contributed by atoms with E-state index in [1.165, 1.54) is 10.6 Å². The Morgan fingerprint density at radius 2 is 1.91 bits per heavy atom. The minimum Gasteiger partial charge on any atom is -0.369 e. The maximum atomic E-state index is 4.37. The number of aryl methyl sites for hydroxylation is 1. The number of aromatic nitrogens is 1. The van der Waals surface area contributed by atoms with Gasteiger partial charge in [-0.25, -0.2) is 4.98 Å². The van der Waals surface area contributed by atoms with Crippen molar-refractivity contribution in [2.75, 3.05) is 42.9 Å². The molecule has 0 spiro atoms. The number of para-hydroxylation sites is 1. The summed E-state index contributed by atoms with van der Waals surface area (Å²) in [5.41, 5.74) is 1.34. The van der Waals surface area contributed by atoms with Crippen molar-refractivity contribution in [1.29, 1.82) is 0 Å². The van der Waals surface area contributed by atoms with Crippen molar-refractivity contribution in [3.8, 4) is 0 Å². The second-order valence-electron chi connectivity index (χ2n) is 5.86. The zero-order valence-electron chi connectivity index (χ0n) is 13.3. The molecule has 0 amide bonds. The highest BCUT2D eigenvalue weighted by Gasteiger charge is 2.21. The number of hydrogen-bond donors (Lipinski definition) is 1. The molecule has 0 bridgehead atoms. The summed E-state index contributed by atoms with van der Waals surface area (Å²) in [6, 6.07) is 11.2. The predicted molar refractivity (Wildman–Crippen MR) is 95.0 cm³/mol. The molecule has 2 aromatic rings. The van der Waals surface area contributed by atoms with Crippen molar-refractivity contribution in [2.45, 2.75) is 19.9 Å². The Hall–Kier alpha value is -1.59. The van der Waals surface area contributed by atoms with Gasteiger partial charge in [0.15, 0.2) is 5.13 Å². The highest BCUT2D eigenvalue weighted by atomic mass is 32.1. The average Bonchev–Trinajstić information content (AvgIpc) is 2.99. The van der Waals surface area contributed by atoms with Crippen LogP contribution in [0.5, 0.6) is 0 Å². The molecule has 118 valence electrons. The van der Waals surface area contributed by atoms with Crippen LogP contribution in [-0.2, 0) is 0 Å². The minimum atomic E-state index is 0.530. The van der Waals surface area contributed by atoms with Gasteiger partial charge >= 0.3 is 0 Å². The van der Waals surface area contributed by atoms with E-state index in [9.17, 15) is 0 Å². The second kappa shape index (κ2) is 7.11. The highest BCUT2D eigenvalue weighted by Crippen LogP contribution is 2.18. The van der Waals surface area contributed by atoms with E-state index in [1.807, 2.05) is 6.20 Å². The lowest BCUT2D eigenvalue weighted by molar-refractivity contribution is 0.204. The van der Waals surface area contributed by atoms with Gasteiger partial charge in [0, 0.05) is 55.5 Å². The number of rotatable bonds is 5. The average molecular weight is 316 g/mol. The molecule has 1 aromatic carbocycles. The van der Waals surface area contributed by atoms with Crippen LogP contribution in [0.1, 0.15) is 11.8 Å². The largest absolute Gasteiger partial charge is 0.369 e. The molecular formula is C17H24N4S. The molecule has 0 aliphatic carbocycles. The molecule has 22 heavy (non-hydrogen) atoms. The fourth-order valence-electron chi connectivity index (χ4n) is 2.86. The maximum absolute atomic E-state index is 4.37. The molecule has 1 atom stereocenters. The molecule has 1 unspecified atom stereocenters. The first kappa shape index (κ1) is 15.3. The molecular weight excluding hydrogens is 292 g/mol. The van der Waals surface area contributed by atoms with Gasteiger partial charge < -0.3 is 10.2 Å². The van der Waals surface area contributed by atoms with Crippen molar-refractivity contribution in [1.82, 2.24) is 9.88 Å². The van der Waals surface area contributed by atoms with Crippen LogP contribution in [0.2, 0.25) is 0 Å². The summed E-state index contributed by atoms with van der Waals surface area (Å²) in [6.07, 6.45) is 1.93. The summed E-state index contributed by atoms with van der Waals surface area (Å²) < 4.78 is 0. The quantitative estimate of drug-likeness (QED) is 0.918. The molecule has 0 radical (unpaired) electrons. The van der Waals surface area contributed by atoms with Gasteiger partial charge in [-0.15, -0.1) is 11.3 Å². The minimum absolute atomic E-state index is 0.530. The summed E-state index contributed by atoms with van der Waals surface area (Å²) in [5, 5.41) is 4.49. The number of hydrogen-bond acceptors (Lipinski definition) is 5. The molecule has 0 saturated carbocycles. The number of nitrogens with one attached hydrogen (secondary N) is 1. The second-order valence-corrected chi connectivity index (χ2v) is 7.10. The zero-order chi connectivity index (χ0) is 15.4. The monoisotopic (exact) mass is 316 g/mol. The summed E-state index contributed by atoms with van der Waals surface area (Å²) in [5.74, 6) is 0. The number of thiazole rings is 1. The van der Waals surface area contributed by atoms with E-state index in [1.54, 1.807) is 11.3 Å². The van der Waals surface area contributed by atoms with Gasteiger partial charge in [0.2, 0.25) is 0 Å². The fraction of sp³-hybridized carbons (Fsp3) is 0.471. The molecule has 3 rings (SSSR count). The van der Waals surface area contributed by atoms with Crippen molar-refractivity contribution >= 4 is 22.2 Å². The number of anilines is 2. The first-order valence-corrected chi connectivity index (χ1v) is 8.74. The van der Waals surface area contributed by atoms with Crippen LogP contribution in [0.25, 0.3) is 0 Å². The number of benzene rings is 1. The summed E-state index contributed by atoms with van der Waals surface area (Å²) in [7, 11) is 0. The third kappa shape index (κ3) is 3.78. The topological polar surface area (TPSA) is 31.4 Å². The molecule has 2 heterocycles. The lowest BCUT2D eigenvalue weighted by atomic mass is 10.2. The standard InChI is InChI=1S/C17H24N4S/c1-14(12-18-17-19-13-15(2)22-17)20-8-10-21(11-9-20)16-6-4-3-5-7-16/h3-7,13-14H,8-12H2,1-2H3,(H,18,19). The Kier molecular flexibility index (Phi) is 4.95. The van der Waals surface area contributed by atoms with Gasteiger partial charge in [-0.3, -0.25) is 4.90 Å². The van der Waals surface area contributed by atoms with Crippen molar-refractivity contribution < 1.29 is 0 Å². The van der Waals surface area contributed by atoms with Gasteiger partial charge in [0.1, 0.15) is 0 Å². The van der Waals surface area contributed by atoms with Gasteiger partial charge in [-0.05, 0) is 26.0 Å². The summed E-state index contributed by atoms with van der Waals surface area (Å²) in [6.45, 7) is 9.79. The fourth-order valence-corrected chi connectivity index (χ4v) is 3.53. The van der Waals surface area contributed by atoms with Crippen LogP contribution < -0.4 is 10.2 Å². The van der Waals surface area contributed by atoms with Gasteiger partial charge in [-0.1, -0.05) is 18.2 Å². The van der Waals surface area contributed by atoms with Gasteiger partial charge in [-0.2, -0.15) is 0 Å². The molecule has 1 aliphatic heterocycles. The Bertz CT molecular complexity index is 575. The number of nitrogens with zero attached hydrogens (tertiary/aromatic N) is 3. The van der Waals surface area contributed by atoms with E-state index in [0.717, 1.165) is 37.9 Å². The third-order valence-electron chi connectivity index (χ3n) is 4.23. The lowest BCUT2D eigenvalue weighted by Gasteiger charge is -2.39. The molecule has 1 N–H and O–H groups in total. The third-order valence-corrected chi connectivity index (χ3v) is 5.10. The van der Waals surface area contributed by atoms with Crippen molar-refractivity contribution in [3.63, 3.8) is 0 Å². The highest BCUT2D eigenvalue weighted by molar-refractivity contribution is 7.15. The lowest BCUT2D eigenvalue weighted by Crippen LogP contribution is -2.51. The van der Waals surface area contributed by atoms with Crippen LogP contribution >= 0.6 is 11.3 Å². The van der Waals surface area contributed by atoms with E-state index in [0.29, 0.717) is 6.04 Å².